The van der Waals surface area contributed by atoms with Gasteiger partial charge in [-0.25, -0.2) is 9.97 Å². The highest BCUT2D eigenvalue weighted by Crippen LogP contribution is 2.19. The van der Waals surface area contributed by atoms with Crippen LogP contribution in [0.5, 0.6) is 0 Å². The lowest BCUT2D eigenvalue weighted by molar-refractivity contribution is -0.120. The minimum atomic E-state index is 0.0883. The van der Waals surface area contributed by atoms with Crippen molar-refractivity contribution in [1.29, 1.82) is 0 Å². The van der Waals surface area contributed by atoms with Gasteiger partial charge in [0.25, 0.3) is 0 Å². The number of anilines is 2. The molecular formula is C13H21N5O. The zero-order valence-corrected chi connectivity index (χ0v) is 11.5. The summed E-state index contributed by atoms with van der Waals surface area (Å²) in [6.07, 6.45) is 3.41. The monoisotopic (exact) mass is 263 g/mol. The molecule has 0 saturated heterocycles. The number of aromatic nitrogens is 2. The average Bonchev–Trinajstić information content (AvgIpc) is 3.18. The van der Waals surface area contributed by atoms with Gasteiger partial charge in [-0.3, -0.25) is 4.79 Å². The van der Waals surface area contributed by atoms with Crippen LogP contribution in [0, 0.1) is 6.92 Å². The Bertz CT molecular complexity index is 470. The first-order valence-corrected chi connectivity index (χ1v) is 6.76. The topological polar surface area (TPSA) is 92.9 Å². The van der Waals surface area contributed by atoms with Crippen molar-refractivity contribution in [3.63, 3.8) is 0 Å². The number of nitrogens with zero attached hydrogens (tertiary/aromatic N) is 2. The van der Waals surface area contributed by atoms with E-state index < -0.39 is 0 Å². The van der Waals surface area contributed by atoms with Crippen molar-refractivity contribution in [1.82, 2.24) is 15.3 Å². The normalized spacial score (nSPS) is 14.2. The molecule has 6 heteroatoms. The summed E-state index contributed by atoms with van der Waals surface area (Å²) in [7, 11) is 0. The fourth-order valence-corrected chi connectivity index (χ4v) is 1.73. The predicted octanol–water partition coefficient (Wildman–Crippen LogP) is 1.01. The SMILES string of the molecule is CCc1nc(N)c(C)c(NCCC(=O)NC2CC2)n1. The van der Waals surface area contributed by atoms with Gasteiger partial charge in [-0.2, -0.15) is 0 Å². The van der Waals surface area contributed by atoms with E-state index in [9.17, 15) is 4.79 Å². The number of carbonyl (C=O) groups is 1. The van der Waals surface area contributed by atoms with E-state index in [1.54, 1.807) is 0 Å². The smallest absolute Gasteiger partial charge is 0.221 e. The van der Waals surface area contributed by atoms with Crippen molar-refractivity contribution in [2.45, 2.75) is 45.6 Å². The van der Waals surface area contributed by atoms with Gasteiger partial charge in [-0.1, -0.05) is 6.92 Å². The fraction of sp³-hybridized carbons (Fsp3) is 0.615. The van der Waals surface area contributed by atoms with Crippen LogP contribution in [-0.4, -0.2) is 28.5 Å². The maximum Gasteiger partial charge on any atom is 0.221 e. The summed E-state index contributed by atoms with van der Waals surface area (Å²) in [4.78, 5) is 20.1. The number of nitrogen functional groups attached to an aromatic ring is 1. The van der Waals surface area contributed by atoms with Crippen LogP contribution in [0.4, 0.5) is 11.6 Å². The largest absolute Gasteiger partial charge is 0.383 e. The van der Waals surface area contributed by atoms with E-state index in [2.05, 4.69) is 20.6 Å². The van der Waals surface area contributed by atoms with Gasteiger partial charge in [-0.15, -0.1) is 0 Å². The Morgan fingerprint density at radius 3 is 2.79 bits per heavy atom. The van der Waals surface area contributed by atoms with E-state index in [4.69, 9.17) is 5.73 Å². The first kappa shape index (κ1) is 13.6. The summed E-state index contributed by atoms with van der Waals surface area (Å²) in [5.41, 5.74) is 6.67. The van der Waals surface area contributed by atoms with Crippen molar-refractivity contribution >= 4 is 17.5 Å². The Morgan fingerprint density at radius 2 is 2.16 bits per heavy atom. The summed E-state index contributed by atoms with van der Waals surface area (Å²) < 4.78 is 0. The van der Waals surface area contributed by atoms with Gasteiger partial charge in [-0.05, 0) is 19.8 Å². The first-order valence-electron chi connectivity index (χ1n) is 6.76. The standard InChI is InChI=1S/C13H21N5O/c1-3-10-17-12(14)8(2)13(18-10)15-7-6-11(19)16-9-4-5-9/h9H,3-7H2,1-2H3,(H,16,19)(H3,14,15,17,18). The molecule has 1 saturated carbocycles. The van der Waals surface area contributed by atoms with Gasteiger partial charge in [0.05, 0.1) is 0 Å². The van der Waals surface area contributed by atoms with Crippen LogP contribution >= 0.6 is 0 Å². The van der Waals surface area contributed by atoms with E-state index in [1.807, 2.05) is 13.8 Å². The van der Waals surface area contributed by atoms with Crippen molar-refractivity contribution in [3.8, 4) is 0 Å². The minimum absolute atomic E-state index is 0.0883. The third-order valence-electron chi connectivity index (χ3n) is 3.13. The molecule has 0 radical (unpaired) electrons. The Labute approximate surface area is 113 Å². The Hall–Kier alpha value is -1.85. The van der Waals surface area contributed by atoms with Crippen molar-refractivity contribution in [3.05, 3.63) is 11.4 Å². The lowest BCUT2D eigenvalue weighted by Gasteiger charge is -2.11. The molecule has 1 heterocycles. The van der Waals surface area contributed by atoms with Crippen LogP contribution in [0.25, 0.3) is 0 Å². The predicted molar refractivity (Wildman–Crippen MR) is 74.8 cm³/mol. The summed E-state index contributed by atoms with van der Waals surface area (Å²) in [5.74, 6) is 2.03. The molecule has 0 atom stereocenters. The summed E-state index contributed by atoms with van der Waals surface area (Å²) >= 11 is 0. The molecule has 2 rings (SSSR count). The molecule has 1 aromatic rings. The highest BCUT2D eigenvalue weighted by molar-refractivity contribution is 5.77. The zero-order chi connectivity index (χ0) is 13.8. The molecule has 6 nitrogen and oxygen atoms in total. The van der Waals surface area contributed by atoms with Crippen LogP contribution in [-0.2, 0) is 11.2 Å². The Morgan fingerprint density at radius 1 is 1.42 bits per heavy atom. The zero-order valence-electron chi connectivity index (χ0n) is 11.5. The van der Waals surface area contributed by atoms with E-state index >= 15 is 0 Å². The van der Waals surface area contributed by atoms with Crippen LogP contribution in [0.1, 0.15) is 37.6 Å². The number of nitrogens with one attached hydrogen (secondary N) is 2. The molecule has 0 aliphatic heterocycles. The second-order valence-electron chi connectivity index (χ2n) is 4.87. The molecule has 0 unspecified atom stereocenters. The van der Waals surface area contributed by atoms with Crippen LogP contribution in [0.2, 0.25) is 0 Å². The van der Waals surface area contributed by atoms with E-state index in [-0.39, 0.29) is 5.91 Å². The van der Waals surface area contributed by atoms with Crippen LogP contribution < -0.4 is 16.4 Å². The van der Waals surface area contributed by atoms with Gasteiger partial charge in [0.2, 0.25) is 5.91 Å². The maximum atomic E-state index is 11.6. The molecule has 1 aromatic heterocycles. The number of hydrogen-bond acceptors (Lipinski definition) is 5. The molecule has 19 heavy (non-hydrogen) atoms. The van der Waals surface area contributed by atoms with Gasteiger partial charge in [0.15, 0.2) is 0 Å². The Balaban J connectivity index is 1.87. The average molecular weight is 263 g/mol. The van der Waals surface area contributed by atoms with Gasteiger partial charge < -0.3 is 16.4 Å². The molecular weight excluding hydrogens is 242 g/mol. The van der Waals surface area contributed by atoms with Gasteiger partial charge in [0, 0.05) is 31.0 Å². The molecule has 1 amide bonds. The molecule has 1 aliphatic rings. The summed E-state index contributed by atoms with van der Waals surface area (Å²) in [6, 6.07) is 0.413. The van der Waals surface area contributed by atoms with Crippen molar-refractivity contribution in [2.24, 2.45) is 0 Å². The molecule has 1 aliphatic carbocycles. The van der Waals surface area contributed by atoms with Crippen molar-refractivity contribution in [2.75, 3.05) is 17.6 Å². The summed E-state index contributed by atoms with van der Waals surface area (Å²) in [5, 5.41) is 6.11. The number of rotatable bonds is 6. The van der Waals surface area contributed by atoms with E-state index in [0.717, 1.165) is 30.6 Å². The van der Waals surface area contributed by atoms with E-state index in [1.165, 1.54) is 0 Å². The fourth-order valence-electron chi connectivity index (χ4n) is 1.73. The number of aryl methyl sites for hydroxylation is 1. The first-order chi connectivity index (χ1) is 9.10. The minimum Gasteiger partial charge on any atom is -0.383 e. The van der Waals surface area contributed by atoms with Gasteiger partial charge >= 0.3 is 0 Å². The number of carbonyl (C=O) groups excluding carboxylic acids is 1. The second kappa shape index (κ2) is 5.86. The van der Waals surface area contributed by atoms with E-state index in [0.29, 0.717) is 30.6 Å². The highest BCUT2D eigenvalue weighted by Gasteiger charge is 2.22. The number of nitrogens with two attached hydrogens (primary N) is 1. The number of hydrogen-bond donors (Lipinski definition) is 3. The van der Waals surface area contributed by atoms with Crippen molar-refractivity contribution < 1.29 is 4.79 Å². The molecule has 0 bridgehead atoms. The summed E-state index contributed by atoms with van der Waals surface area (Å²) in [6.45, 7) is 4.41. The molecule has 0 aromatic carbocycles. The lowest BCUT2D eigenvalue weighted by Crippen LogP contribution is -2.27. The van der Waals surface area contributed by atoms with Crippen LogP contribution in [0.3, 0.4) is 0 Å². The highest BCUT2D eigenvalue weighted by atomic mass is 16.1. The molecule has 0 spiro atoms. The third-order valence-corrected chi connectivity index (χ3v) is 3.13. The molecule has 4 N–H and O–H groups in total. The lowest BCUT2D eigenvalue weighted by atomic mass is 10.3. The second-order valence-corrected chi connectivity index (χ2v) is 4.87. The van der Waals surface area contributed by atoms with Crippen LogP contribution in [0.15, 0.2) is 0 Å². The van der Waals surface area contributed by atoms with Gasteiger partial charge in [0.1, 0.15) is 17.5 Å². The number of amides is 1. The maximum absolute atomic E-state index is 11.6. The Kier molecular flexibility index (Phi) is 4.19. The quantitative estimate of drug-likeness (QED) is 0.712. The third kappa shape index (κ3) is 3.81. The molecule has 104 valence electrons. The molecule has 1 fully saturated rings.